The van der Waals surface area contributed by atoms with Crippen LogP contribution >= 0.6 is 12.2 Å². The first-order chi connectivity index (χ1) is 16.6. The van der Waals surface area contributed by atoms with E-state index in [2.05, 4.69) is 52.7 Å². The molecule has 5 nitrogen and oxygen atoms in total. The van der Waals surface area contributed by atoms with Crippen LogP contribution in [0.2, 0.25) is 0 Å². The number of allylic oxidation sites excluding steroid dienone is 1. The molecule has 1 heterocycles. The van der Waals surface area contributed by atoms with Crippen molar-refractivity contribution in [2.45, 2.75) is 39.2 Å². The smallest absolute Gasteiger partial charge is 0.189 e. The van der Waals surface area contributed by atoms with Gasteiger partial charge in [-0.2, -0.15) is 0 Å². The first kappa shape index (κ1) is 23.9. The zero-order valence-electron chi connectivity index (χ0n) is 20.0. The van der Waals surface area contributed by atoms with Gasteiger partial charge in [0.2, 0.25) is 0 Å². The summed E-state index contributed by atoms with van der Waals surface area (Å²) in [5.74, 6) is 1.78. The fraction of sp³-hybridized carbons (Fsp3) is 0.321. The second kappa shape index (κ2) is 11.3. The Morgan fingerprint density at radius 3 is 2.32 bits per heavy atom. The molecule has 1 aliphatic heterocycles. The Bertz CT molecular complexity index is 1070. The number of hydrazine groups is 1. The number of ether oxygens (including phenoxy) is 2. The molecule has 0 spiro atoms. The summed E-state index contributed by atoms with van der Waals surface area (Å²) in [6, 6.07) is 16.7. The van der Waals surface area contributed by atoms with Gasteiger partial charge in [-0.25, -0.2) is 0 Å². The molecule has 178 valence electrons. The van der Waals surface area contributed by atoms with E-state index in [0.717, 1.165) is 36.3 Å². The molecule has 0 bridgehead atoms. The van der Waals surface area contributed by atoms with E-state index in [0.29, 0.717) is 24.9 Å². The summed E-state index contributed by atoms with van der Waals surface area (Å²) in [6.07, 6.45) is 7.25. The minimum atomic E-state index is 0.0273. The van der Waals surface area contributed by atoms with E-state index in [-0.39, 0.29) is 6.04 Å². The van der Waals surface area contributed by atoms with Gasteiger partial charge in [-0.3, -0.25) is 10.4 Å². The topological polar surface area (TPSA) is 45.8 Å². The highest BCUT2D eigenvalue weighted by atomic mass is 32.1. The molecule has 2 N–H and O–H groups in total. The second-order valence-corrected chi connectivity index (χ2v) is 8.67. The Labute approximate surface area is 208 Å². The minimum absolute atomic E-state index is 0.0273. The van der Waals surface area contributed by atoms with Crippen LogP contribution in [-0.2, 0) is 0 Å². The monoisotopic (exact) mass is 475 g/mol. The highest BCUT2D eigenvalue weighted by Gasteiger charge is 2.37. The number of nitrogens with one attached hydrogen (secondary N) is 2. The van der Waals surface area contributed by atoms with Crippen LogP contribution in [0.5, 0.6) is 11.5 Å². The maximum Gasteiger partial charge on any atom is 0.189 e. The summed E-state index contributed by atoms with van der Waals surface area (Å²) in [5.41, 5.74) is 9.85. The lowest BCUT2D eigenvalue weighted by Crippen LogP contribution is -2.46. The Morgan fingerprint density at radius 1 is 1.06 bits per heavy atom. The summed E-state index contributed by atoms with van der Waals surface area (Å²) in [4.78, 5) is 0. The molecule has 2 aliphatic rings. The molecule has 6 heteroatoms. The highest BCUT2D eigenvalue weighted by molar-refractivity contribution is 7.80. The standard InChI is InChI=1S/C28H33N3O2S/c1-4-18-29-28(34)31-27(21-12-16-24(17-13-21)33-6-3)25-9-7-8-22(26(25)30-31)19-20-10-14-23(15-11-20)32-5-2/h4,10-17,19,27,30H,1,5-9,18H2,2-3H3,(H,29,34)/b22-19-/t27-/m0/s1. The Hall–Kier alpha value is -3.25. The van der Waals surface area contributed by atoms with Gasteiger partial charge in [0.05, 0.1) is 18.9 Å². The van der Waals surface area contributed by atoms with Gasteiger partial charge in [-0.15, -0.1) is 6.58 Å². The number of benzene rings is 2. The lowest BCUT2D eigenvalue weighted by Gasteiger charge is -2.29. The van der Waals surface area contributed by atoms with Crippen LogP contribution in [0, 0.1) is 0 Å². The molecule has 0 saturated carbocycles. The van der Waals surface area contributed by atoms with E-state index in [4.69, 9.17) is 21.7 Å². The van der Waals surface area contributed by atoms with Crippen LogP contribution in [0.15, 0.2) is 78.0 Å². The largest absolute Gasteiger partial charge is 0.494 e. The third kappa shape index (κ3) is 5.28. The molecule has 1 aliphatic carbocycles. The highest BCUT2D eigenvalue weighted by Crippen LogP contribution is 2.44. The molecule has 0 aromatic heterocycles. The van der Waals surface area contributed by atoms with Gasteiger partial charge in [0.25, 0.3) is 0 Å². The first-order valence-corrected chi connectivity index (χ1v) is 12.4. The quantitative estimate of drug-likeness (QED) is 0.365. The SMILES string of the molecule is C=CCNC(=S)N1NC2=C(CCC/C2=C/c2ccc(OCC)cc2)[C@@H]1c1ccc(OCC)cc1. The number of rotatable bonds is 8. The zero-order valence-corrected chi connectivity index (χ0v) is 20.8. The molecule has 0 saturated heterocycles. The average Bonchev–Trinajstić information content (AvgIpc) is 3.25. The minimum Gasteiger partial charge on any atom is -0.494 e. The van der Waals surface area contributed by atoms with E-state index in [9.17, 15) is 0 Å². The van der Waals surface area contributed by atoms with Crippen LogP contribution in [0.1, 0.15) is 50.3 Å². The molecule has 34 heavy (non-hydrogen) atoms. The lowest BCUT2D eigenvalue weighted by molar-refractivity contribution is 0.318. The summed E-state index contributed by atoms with van der Waals surface area (Å²) >= 11 is 5.77. The Kier molecular flexibility index (Phi) is 7.91. The van der Waals surface area contributed by atoms with E-state index >= 15 is 0 Å². The molecule has 0 unspecified atom stereocenters. The zero-order chi connectivity index (χ0) is 23.9. The summed E-state index contributed by atoms with van der Waals surface area (Å²) in [5, 5.41) is 6.03. The van der Waals surface area contributed by atoms with Gasteiger partial charge in [-0.05, 0) is 97.9 Å². The van der Waals surface area contributed by atoms with E-state index in [1.165, 1.54) is 22.4 Å². The summed E-state index contributed by atoms with van der Waals surface area (Å²) in [7, 11) is 0. The maximum atomic E-state index is 5.77. The molecule has 2 aromatic carbocycles. The number of hydrogen-bond donors (Lipinski definition) is 2. The van der Waals surface area contributed by atoms with Crippen LogP contribution in [-0.4, -0.2) is 29.9 Å². The van der Waals surface area contributed by atoms with Gasteiger partial charge in [-0.1, -0.05) is 30.3 Å². The van der Waals surface area contributed by atoms with Gasteiger partial charge in [0.1, 0.15) is 17.5 Å². The van der Waals surface area contributed by atoms with Gasteiger partial charge >= 0.3 is 0 Å². The Balaban J connectivity index is 1.68. The maximum absolute atomic E-state index is 5.77. The number of hydrogen-bond acceptors (Lipinski definition) is 4. The predicted molar refractivity (Wildman–Crippen MR) is 143 cm³/mol. The summed E-state index contributed by atoms with van der Waals surface area (Å²) < 4.78 is 11.2. The van der Waals surface area contributed by atoms with Crippen LogP contribution in [0.3, 0.4) is 0 Å². The average molecular weight is 476 g/mol. The number of nitrogens with zero attached hydrogens (tertiary/aromatic N) is 1. The van der Waals surface area contributed by atoms with Crippen molar-refractivity contribution in [1.29, 1.82) is 0 Å². The van der Waals surface area contributed by atoms with E-state index < -0.39 is 0 Å². The molecule has 0 amide bonds. The van der Waals surface area contributed by atoms with Crippen molar-refractivity contribution in [3.05, 3.63) is 89.2 Å². The van der Waals surface area contributed by atoms with Gasteiger partial charge < -0.3 is 14.8 Å². The fourth-order valence-corrected chi connectivity index (χ4v) is 4.77. The van der Waals surface area contributed by atoms with E-state index in [1.54, 1.807) is 0 Å². The third-order valence-electron chi connectivity index (χ3n) is 6.01. The number of thiocarbonyl (C=S) groups is 1. The molecular formula is C28H33N3O2S. The molecular weight excluding hydrogens is 442 g/mol. The predicted octanol–water partition coefficient (Wildman–Crippen LogP) is 5.93. The molecule has 0 fully saturated rings. The lowest BCUT2D eigenvalue weighted by atomic mass is 9.86. The van der Waals surface area contributed by atoms with Gasteiger partial charge in [0.15, 0.2) is 5.11 Å². The normalized spacial score (nSPS) is 18.4. The van der Waals surface area contributed by atoms with Gasteiger partial charge in [0, 0.05) is 6.54 Å². The molecule has 2 aromatic rings. The van der Waals surface area contributed by atoms with Crippen molar-refractivity contribution in [3.8, 4) is 11.5 Å². The van der Waals surface area contributed by atoms with Crippen molar-refractivity contribution in [2.24, 2.45) is 0 Å². The second-order valence-electron chi connectivity index (χ2n) is 8.29. The Morgan fingerprint density at radius 2 is 1.71 bits per heavy atom. The van der Waals surface area contributed by atoms with Crippen LogP contribution < -0.4 is 20.2 Å². The summed E-state index contributed by atoms with van der Waals surface area (Å²) in [6.45, 7) is 9.75. The van der Waals surface area contributed by atoms with Crippen molar-refractivity contribution in [1.82, 2.24) is 15.8 Å². The van der Waals surface area contributed by atoms with E-state index in [1.807, 2.05) is 44.2 Å². The fourth-order valence-electron chi connectivity index (χ4n) is 4.53. The first-order valence-electron chi connectivity index (χ1n) is 12.0. The van der Waals surface area contributed by atoms with Crippen molar-refractivity contribution < 1.29 is 9.47 Å². The molecule has 1 atom stereocenters. The molecule has 0 radical (unpaired) electrons. The third-order valence-corrected chi connectivity index (χ3v) is 6.35. The van der Waals surface area contributed by atoms with Crippen molar-refractivity contribution in [2.75, 3.05) is 19.8 Å². The van der Waals surface area contributed by atoms with Crippen molar-refractivity contribution in [3.63, 3.8) is 0 Å². The van der Waals surface area contributed by atoms with Crippen LogP contribution in [0.25, 0.3) is 6.08 Å². The molecule has 4 rings (SSSR count). The van der Waals surface area contributed by atoms with Crippen LogP contribution in [0.4, 0.5) is 0 Å². The van der Waals surface area contributed by atoms with Crippen molar-refractivity contribution >= 4 is 23.4 Å².